The van der Waals surface area contributed by atoms with Crippen molar-refractivity contribution in [2.45, 2.75) is 6.92 Å². The predicted molar refractivity (Wildman–Crippen MR) is 96.7 cm³/mol. The van der Waals surface area contributed by atoms with Crippen LogP contribution in [0, 0.1) is 0 Å². The van der Waals surface area contributed by atoms with Crippen LogP contribution in [0.15, 0.2) is 48.5 Å². The molecule has 132 valence electrons. The number of hydrogen-bond acceptors (Lipinski definition) is 4. The number of ether oxygens (including phenoxy) is 3. The number of rotatable bonds is 9. The van der Waals surface area contributed by atoms with Gasteiger partial charge in [-0.1, -0.05) is 29.8 Å². The van der Waals surface area contributed by atoms with Crippen LogP contribution in [0.4, 0.5) is 0 Å². The number of hydrogen-bond donors (Lipinski definition) is 1. The number of halogens is 1. The molecule has 0 aliphatic carbocycles. The van der Waals surface area contributed by atoms with Crippen molar-refractivity contribution in [3.05, 3.63) is 59.1 Å². The van der Waals surface area contributed by atoms with Gasteiger partial charge in [-0.3, -0.25) is 0 Å². The van der Waals surface area contributed by atoms with E-state index in [1.54, 1.807) is 30.3 Å². The van der Waals surface area contributed by atoms with Gasteiger partial charge < -0.3 is 19.3 Å². The van der Waals surface area contributed by atoms with Gasteiger partial charge >= 0.3 is 5.97 Å². The van der Waals surface area contributed by atoms with E-state index in [1.807, 2.05) is 19.1 Å². The molecule has 0 aliphatic rings. The van der Waals surface area contributed by atoms with Gasteiger partial charge in [-0.05, 0) is 42.8 Å². The molecular weight excluding hydrogens is 344 g/mol. The first-order valence-electron chi connectivity index (χ1n) is 7.78. The fourth-order valence-electron chi connectivity index (χ4n) is 2.05. The normalized spacial score (nSPS) is 10.6. The number of carbonyl (C=O) groups is 1. The predicted octanol–water partition coefficient (Wildman–Crippen LogP) is 4.29. The maximum atomic E-state index is 10.6. The summed E-state index contributed by atoms with van der Waals surface area (Å²) in [6, 6.07) is 12.5. The van der Waals surface area contributed by atoms with Crippen molar-refractivity contribution in [2.24, 2.45) is 0 Å². The van der Waals surface area contributed by atoms with Crippen molar-refractivity contribution >= 4 is 23.6 Å². The minimum Gasteiger partial charge on any atom is -0.490 e. The minimum atomic E-state index is -1.00. The van der Waals surface area contributed by atoms with Gasteiger partial charge in [-0.15, -0.1) is 0 Å². The molecule has 2 aromatic rings. The lowest BCUT2D eigenvalue weighted by Crippen LogP contribution is -2.10. The molecule has 0 atom stereocenters. The molecule has 0 radical (unpaired) electrons. The summed E-state index contributed by atoms with van der Waals surface area (Å²) in [4.78, 5) is 10.6. The summed E-state index contributed by atoms with van der Waals surface area (Å²) < 4.78 is 16.8. The van der Waals surface area contributed by atoms with Crippen LogP contribution < -0.4 is 14.2 Å². The zero-order chi connectivity index (χ0) is 18.1. The number of para-hydroxylation sites is 1. The summed E-state index contributed by atoms with van der Waals surface area (Å²) in [5, 5.41) is 9.24. The molecule has 0 aliphatic heterocycles. The lowest BCUT2D eigenvalue weighted by atomic mass is 10.2. The van der Waals surface area contributed by atoms with E-state index in [2.05, 4.69) is 0 Å². The van der Waals surface area contributed by atoms with Gasteiger partial charge in [-0.2, -0.15) is 0 Å². The highest BCUT2D eigenvalue weighted by Gasteiger charge is 2.07. The molecule has 0 bridgehead atoms. The molecule has 0 fully saturated rings. The molecule has 0 saturated heterocycles. The standard InChI is InChI=1S/C19H19ClO5/c1-2-23-18-13-14(8-10-19(21)22)7-9-17(18)25-12-11-24-16-6-4-3-5-15(16)20/h3-10,13H,2,11-12H2,1H3,(H,21,22). The van der Waals surface area contributed by atoms with E-state index in [0.29, 0.717) is 47.7 Å². The summed E-state index contributed by atoms with van der Waals surface area (Å²) in [7, 11) is 0. The molecule has 25 heavy (non-hydrogen) atoms. The smallest absolute Gasteiger partial charge is 0.328 e. The molecule has 2 rings (SSSR count). The molecule has 0 saturated carbocycles. The van der Waals surface area contributed by atoms with Gasteiger partial charge in [0.05, 0.1) is 11.6 Å². The summed E-state index contributed by atoms with van der Waals surface area (Å²) >= 11 is 6.02. The fourth-order valence-corrected chi connectivity index (χ4v) is 2.24. The van der Waals surface area contributed by atoms with Crippen LogP contribution in [0.1, 0.15) is 12.5 Å². The highest BCUT2D eigenvalue weighted by molar-refractivity contribution is 6.32. The average molecular weight is 363 g/mol. The number of carboxylic acid groups (broad SMARTS) is 1. The zero-order valence-corrected chi connectivity index (χ0v) is 14.5. The molecule has 1 N–H and O–H groups in total. The Balaban J connectivity index is 1.96. The number of aliphatic carboxylic acids is 1. The van der Waals surface area contributed by atoms with E-state index in [1.165, 1.54) is 6.08 Å². The number of carboxylic acids is 1. The second-order valence-electron chi connectivity index (χ2n) is 4.94. The van der Waals surface area contributed by atoms with Crippen molar-refractivity contribution in [1.82, 2.24) is 0 Å². The third-order valence-corrected chi connectivity index (χ3v) is 3.43. The third-order valence-electron chi connectivity index (χ3n) is 3.12. The minimum absolute atomic E-state index is 0.315. The van der Waals surface area contributed by atoms with E-state index in [-0.39, 0.29) is 0 Å². The topological polar surface area (TPSA) is 65.0 Å². The maximum absolute atomic E-state index is 10.6. The molecule has 6 heteroatoms. The molecule has 0 aromatic heterocycles. The highest BCUT2D eigenvalue weighted by atomic mass is 35.5. The van der Waals surface area contributed by atoms with Gasteiger partial charge in [0.2, 0.25) is 0 Å². The van der Waals surface area contributed by atoms with Crippen molar-refractivity contribution < 1.29 is 24.1 Å². The Labute approximate surface area is 151 Å². The Morgan fingerprint density at radius 3 is 2.44 bits per heavy atom. The first-order chi connectivity index (χ1) is 12.1. The largest absolute Gasteiger partial charge is 0.490 e. The average Bonchev–Trinajstić information content (AvgIpc) is 2.60. The molecule has 0 amide bonds. The molecule has 2 aromatic carbocycles. The van der Waals surface area contributed by atoms with Gasteiger partial charge in [0.25, 0.3) is 0 Å². The van der Waals surface area contributed by atoms with Crippen molar-refractivity contribution in [2.75, 3.05) is 19.8 Å². The van der Waals surface area contributed by atoms with E-state index >= 15 is 0 Å². The molecule has 5 nitrogen and oxygen atoms in total. The first-order valence-corrected chi connectivity index (χ1v) is 8.16. The van der Waals surface area contributed by atoms with Crippen LogP contribution >= 0.6 is 11.6 Å². The Morgan fingerprint density at radius 2 is 1.76 bits per heavy atom. The summed E-state index contributed by atoms with van der Waals surface area (Å²) in [5.74, 6) is 0.715. The second kappa shape index (κ2) is 9.59. The maximum Gasteiger partial charge on any atom is 0.328 e. The van der Waals surface area contributed by atoms with E-state index in [4.69, 9.17) is 30.9 Å². The van der Waals surface area contributed by atoms with Crippen molar-refractivity contribution in [1.29, 1.82) is 0 Å². The molecule has 0 heterocycles. The highest BCUT2D eigenvalue weighted by Crippen LogP contribution is 2.29. The lowest BCUT2D eigenvalue weighted by Gasteiger charge is -2.13. The van der Waals surface area contributed by atoms with Crippen LogP contribution in [0.25, 0.3) is 6.08 Å². The quantitative estimate of drug-likeness (QED) is 0.532. The number of benzene rings is 2. The summed E-state index contributed by atoms with van der Waals surface area (Å²) in [6.45, 7) is 2.98. The summed E-state index contributed by atoms with van der Waals surface area (Å²) in [6.07, 6.45) is 2.57. The van der Waals surface area contributed by atoms with Crippen LogP contribution in [0.5, 0.6) is 17.2 Å². The van der Waals surface area contributed by atoms with Gasteiger partial charge in [0, 0.05) is 6.08 Å². The van der Waals surface area contributed by atoms with Crippen LogP contribution in [-0.2, 0) is 4.79 Å². The van der Waals surface area contributed by atoms with Crippen molar-refractivity contribution in [3.8, 4) is 17.2 Å². The lowest BCUT2D eigenvalue weighted by molar-refractivity contribution is -0.131. The Kier molecular flexibility index (Phi) is 7.16. The SMILES string of the molecule is CCOc1cc(C=CC(=O)O)ccc1OCCOc1ccccc1Cl. The molecular formula is C19H19ClO5. The summed E-state index contributed by atoms with van der Waals surface area (Å²) in [5.41, 5.74) is 0.713. The third kappa shape index (κ3) is 6.04. The monoisotopic (exact) mass is 362 g/mol. The van der Waals surface area contributed by atoms with E-state index < -0.39 is 5.97 Å². The Hall–Kier alpha value is -2.66. The second-order valence-corrected chi connectivity index (χ2v) is 5.35. The van der Waals surface area contributed by atoms with Gasteiger partial charge in [0.15, 0.2) is 11.5 Å². The molecule has 0 spiro atoms. The van der Waals surface area contributed by atoms with E-state index in [0.717, 1.165) is 6.08 Å². The fraction of sp³-hybridized carbons (Fsp3) is 0.211. The van der Waals surface area contributed by atoms with Crippen molar-refractivity contribution in [3.63, 3.8) is 0 Å². The molecule has 0 unspecified atom stereocenters. The van der Waals surface area contributed by atoms with Gasteiger partial charge in [-0.25, -0.2) is 4.79 Å². The zero-order valence-electron chi connectivity index (χ0n) is 13.8. The van der Waals surface area contributed by atoms with Crippen LogP contribution in [0.2, 0.25) is 5.02 Å². The van der Waals surface area contributed by atoms with Crippen LogP contribution in [0.3, 0.4) is 0 Å². The van der Waals surface area contributed by atoms with E-state index in [9.17, 15) is 4.79 Å². The van der Waals surface area contributed by atoms with Gasteiger partial charge in [0.1, 0.15) is 19.0 Å². The van der Waals surface area contributed by atoms with Crippen LogP contribution in [-0.4, -0.2) is 30.9 Å². The Bertz CT molecular complexity index is 742. The Morgan fingerprint density at radius 1 is 1.04 bits per heavy atom. The first kappa shape index (κ1) is 18.7.